The molecule has 0 radical (unpaired) electrons. The Morgan fingerprint density at radius 3 is 2.24 bits per heavy atom. The monoisotopic (exact) mass is 362 g/mol. The van der Waals surface area contributed by atoms with Gasteiger partial charge in [0.05, 0.1) is 6.61 Å². The van der Waals surface area contributed by atoms with E-state index < -0.39 is 0 Å². The lowest BCUT2D eigenvalue weighted by Crippen LogP contribution is -1.95. The maximum atomic E-state index is 5.67. The molecule has 1 aromatic carbocycles. The number of unbranched alkanes of at least 4 members (excludes halogenated alkanes) is 4. The van der Waals surface area contributed by atoms with Crippen LogP contribution in [0.4, 0.5) is 0 Å². The first kappa shape index (κ1) is 15.2. The van der Waals surface area contributed by atoms with E-state index in [1.54, 1.807) is 0 Å². The maximum absolute atomic E-state index is 5.67. The minimum Gasteiger partial charge on any atom is -0.377 e. The van der Waals surface area contributed by atoms with E-state index in [9.17, 15) is 0 Å². The fourth-order valence-corrected chi connectivity index (χ4v) is 3.08. The minimum absolute atomic E-state index is 0.700. The predicted molar refractivity (Wildman–Crippen MR) is 80.3 cm³/mol. The first-order valence-electron chi connectivity index (χ1n) is 6.25. The van der Waals surface area contributed by atoms with E-state index >= 15 is 0 Å². The Bertz CT molecular complexity index is 306. The zero-order valence-corrected chi connectivity index (χ0v) is 13.5. The Hall–Kier alpha value is 0.140. The number of hydrogen-bond donors (Lipinski definition) is 0. The van der Waals surface area contributed by atoms with Crippen LogP contribution in [0, 0.1) is 0 Å². The molecule has 96 valence electrons. The summed E-state index contributed by atoms with van der Waals surface area (Å²) >= 11 is 6.96. The largest absolute Gasteiger partial charge is 0.377 e. The van der Waals surface area contributed by atoms with Gasteiger partial charge in [-0.25, -0.2) is 0 Å². The summed E-state index contributed by atoms with van der Waals surface area (Å²) in [6.07, 6.45) is 6.44. The Kier molecular flexibility index (Phi) is 8.15. The minimum atomic E-state index is 0.700. The molecular weight excluding hydrogens is 344 g/mol. The van der Waals surface area contributed by atoms with Crippen LogP contribution >= 0.6 is 31.9 Å². The molecule has 0 bridgehead atoms. The highest BCUT2D eigenvalue weighted by atomic mass is 79.9. The lowest BCUT2D eigenvalue weighted by atomic mass is 10.2. The number of benzene rings is 1. The van der Waals surface area contributed by atoms with Crippen molar-refractivity contribution < 1.29 is 4.74 Å². The molecule has 0 aliphatic carbocycles. The fraction of sp³-hybridized carbons (Fsp3) is 0.571. The van der Waals surface area contributed by atoms with Gasteiger partial charge < -0.3 is 4.74 Å². The van der Waals surface area contributed by atoms with Crippen LogP contribution in [0.15, 0.2) is 27.1 Å². The summed E-state index contributed by atoms with van der Waals surface area (Å²) in [5, 5.41) is 0. The Morgan fingerprint density at radius 1 is 0.941 bits per heavy atom. The van der Waals surface area contributed by atoms with Crippen molar-refractivity contribution in [2.45, 2.75) is 45.6 Å². The van der Waals surface area contributed by atoms with Crippen LogP contribution in [0.2, 0.25) is 0 Å². The number of ether oxygens (including phenoxy) is 1. The van der Waals surface area contributed by atoms with Crippen molar-refractivity contribution in [2.75, 3.05) is 6.61 Å². The zero-order chi connectivity index (χ0) is 12.5. The number of halogens is 2. The van der Waals surface area contributed by atoms with Crippen LogP contribution in [-0.2, 0) is 11.3 Å². The van der Waals surface area contributed by atoms with Gasteiger partial charge in [0.1, 0.15) is 0 Å². The molecule has 1 nitrogen and oxygen atoms in total. The molecule has 3 heteroatoms. The third-order valence-corrected chi connectivity index (χ3v) is 3.50. The van der Waals surface area contributed by atoms with E-state index in [-0.39, 0.29) is 0 Å². The second-order valence-electron chi connectivity index (χ2n) is 4.24. The average molecular weight is 364 g/mol. The van der Waals surface area contributed by atoms with Gasteiger partial charge in [-0.05, 0) is 30.2 Å². The fourth-order valence-electron chi connectivity index (χ4n) is 1.69. The lowest BCUT2D eigenvalue weighted by molar-refractivity contribution is 0.116. The van der Waals surface area contributed by atoms with E-state index in [0.717, 1.165) is 15.6 Å². The maximum Gasteiger partial charge on any atom is 0.0717 e. The molecule has 0 fully saturated rings. The molecule has 0 spiro atoms. The van der Waals surface area contributed by atoms with E-state index in [2.05, 4.69) is 50.9 Å². The van der Waals surface area contributed by atoms with E-state index in [0.29, 0.717) is 6.61 Å². The van der Waals surface area contributed by atoms with Crippen LogP contribution in [0.25, 0.3) is 0 Å². The van der Waals surface area contributed by atoms with Gasteiger partial charge in [-0.1, -0.05) is 64.5 Å². The van der Waals surface area contributed by atoms with E-state index in [1.165, 1.54) is 37.7 Å². The first-order valence-corrected chi connectivity index (χ1v) is 7.83. The SMILES string of the molecule is CCCCCCCOCc1cc(Br)cc(Br)c1. The van der Waals surface area contributed by atoms with Gasteiger partial charge in [-0.15, -0.1) is 0 Å². The second-order valence-corrected chi connectivity index (χ2v) is 6.08. The molecule has 0 saturated heterocycles. The van der Waals surface area contributed by atoms with Gasteiger partial charge in [0.15, 0.2) is 0 Å². The third-order valence-electron chi connectivity index (χ3n) is 2.58. The van der Waals surface area contributed by atoms with Gasteiger partial charge in [0, 0.05) is 15.6 Å². The molecule has 17 heavy (non-hydrogen) atoms. The van der Waals surface area contributed by atoms with Crippen molar-refractivity contribution in [1.82, 2.24) is 0 Å². The summed E-state index contributed by atoms with van der Waals surface area (Å²) in [7, 11) is 0. The summed E-state index contributed by atoms with van der Waals surface area (Å²) in [4.78, 5) is 0. The molecule has 0 aliphatic rings. The molecule has 0 unspecified atom stereocenters. The van der Waals surface area contributed by atoms with Crippen molar-refractivity contribution in [3.8, 4) is 0 Å². The first-order chi connectivity index (χ1) is 8.22. The van der Waals surface area contributed by atoms with Crippen molar-refractivity contribution in [3.63, 3.8) is 0 Å². The van der Waals surface area contributed by atoms with Crippen LogP contribution in [0.1, 0.15) is 44.6 Å². The molecule has 0 heterocycles. The number of rotatable bonds is 8. The Morgan fingerprint density at radius 2 is 1.59 bits per heavy atom. The highest BCUT2D eigenvalue weighted by Gasteiger charge is 1.98. The van der Waals surface area contributed by atoms with Crippen LogP contribution < -0.4 is 0 Å². The van der Waals surface area contributed by atoms with Crippen molar-refractivity contribution >= 4 is 31.9 Å². The van der Waals surface area contributed by atoms with Gasteiger partial charge >= 0.3 is 0 Å². The molecule has 0 saturated carbocycles. The van der Waals surface area contributed by atoms with Crippen LogP contribution in [0.5, 0.6) is 0 Å². The van der Waals surface area contributed by atoms with Crippen molar-refractivity contribution in [1.29, 1.82) is 0 Å². The Balaban J connectivity index is 2.13. The molecular formula is C14H20Br2O. The standard InChI is InChI=1S/C14H20Br2O/c1-2-3-4-5-6-7-17-11-12-8-13(15)10-14(16)9-12/h8-10H,2-7,11H2,1H3. The van der Waals surface area contributed by atoms with E-state index in [1.807, 2.05) is 6.07 Å². The quantitative estimate of drug-likeness (QED) is 0.538. The normalized spacial score (nSPS) is 10.8. The van der Waals surface area contributed by atoms with Gasteiger partial charge in [0.2, 0.25) is 0 Å². The Labute approximate surface area is 121 Å². The predicted octanol–water partition coefficient (Wildman–Crippen LogP) is 5.70. The third kappa shape index (κ3) is 7.22. The molecule has 0 atom stereocenters. The lowest BCUT2D eigenvalue weighted by Gasteiger charge is -2.05. The summed E-state index contributed by atoms with van der Waals surface area (Å²) in [6.45, 7) is 3.81. The highest BCUT2D eigenvalue weighted by molar-refractivity contribution is 9.11. The van der Waals surface area contributed by atoms with Crippen molar-refractivity contribution in [2.24, 2.45) is 0 Å². The van der Waals surface area contributed by atoms with Crippen LogP contribution in [-0.4, -0.2) is 6.61 Å². The smallest absolute Gasteiger partial charge is 0.0717 e. The highest BCUT2D eigenvalue weighted by Crippen LogP contribution is 2.20. The zero-order valence-electron chi connectivity index (χ0n) is 10.3. The number of hydrogen-bond acceptors (Lipinski definition) is 1. The van der Waals surface area contributed by atoms with E-state index in [4.69, 9.17) is 4.74 Å². The summed E-state index contributed by atoms with van der Waals surface area (Å²) < 4.78 is 7.85. The molecule has 1 aromatic rings. The van der Waals surface area contributed by atoms with Crippen LogP contribution in [0.3, 0.4) is 0 Å². The van der Waals surface area contributed by atoms with Gasteiger partial charge in [0.25, 0.3) is 0 Å². The molecule has 0 N–H and O–H groups in total. The molecule has 0 amide bonds. The molecule has 0 aromatic heterocycles. The molecule has 1 rings (SSSR count). The summed E-state index contributed by atoms with van der Waals surface area (Å²) in [5.41, 5.74) is 1.21. The van der Waals surface area contributed by atoms with Gasteiger partial charge in [-0.3, -0.25) is 0 Å². The summed E-state index contributed by atoms with van der Waals surface area (Å²) in [6, 6.07) is 6.23. The average Bonchev–Trinajstić information content (AvgIpc) is 2.26. The second kappa shape index (κ2) is 9.12. The van der Waals surface area contributed by atoms with Crippen molar-refractivity contribution in [3.05, 3.63) is 32.7 Å². The summed E-state index contributed by atoms with van der Waals surface area (Å²) in [5.74, 6) is 0. The topological polar surface area (TPSA) is 9.23 Å². The van der Waals surface area contributed by atoms with Gasteiger partial charge in [-0.2, -0.15) is 0 Å². The molecule has 0 aliphatic heterocycles.